The maximum atomic E-state index is 15.3. The quantitative estimate of drug-likeness (QED) is 0.212. The number of halogens is 2. The van der Waals surface area contributed by atoms with Crippen molar-refractivity contribution in [2.75, 3.05) is 11.5 Å². The molecule has 3 atom stereocenters. The Morgan fingerprint density at radius 1 is 1.18 bits per heavy atom. The number of imidazole rings is 1. The van der Waals surface area contributed by atoms with Crippen LogP contribution in [0, 0.1) is 5.82 Å². The molecule has 0 saturated heterocycles. The van der Waals surface area contributed by atoms with Crippen LogP contribution in [0.5, 0.6) is 5.75 Å². The minimum Gasteiger partial charge on any atom is -0.481 e. The van der Waals surface area contributed by atoms with Crippen LogP contribution in [-0.2, 0) is 33.2 Å². The number of primary amides is 1. The van der Waals surface area contributed by atoms with Gasteiger partial charge in [0.25, 0.3) is 0 Å². The summed E-state index contributed by atoms with van der Waals surface area (Å²) in [6.07, 6.45) is 8.84. The van der Waals surface area contributed by atoms with Crippen LogP contribution in [0.4, 0.5) is 8.78 Å². The molecule has 3 heterocycles. The van der Waals surface area contributed by atoms with E-state index in [-0.39, 0.29) is 36.7 Å². The number of aromatic nitrogens is 3. The van der Waals surface area contributed by atoms with Gasteiger partial charge in [0.15, 0.2) is 11.6 Å². The number of carbonyl (C=O) groups is 2. The van der Waals surface area contributed by atoms with Gasteiger partial charge in [-0.25, -0.2) is 13.8 Å². The number of rotatable bonds is 4. The third kappa shape index (κ3) is 7.56. The molecule has 4 aromatic rings. The van der Waals surface area contributed by atoms with Crippen molar-refractivity contribution in [3.63, 3.8) is 0 Å². The van der Waals surface area contributed by atoms with Gasteiger partial charge < -0.3 is 25.5 Å². The molecule has 0 radical (unpaired) electrons. The zero-order valence-electron chi connectivity index (χ0n) is 24.4. The van der Waals surface area contributed by atoms with Crippen molar-refractivity contribution < 1.29 is 32.4 Å². The number of allylic oxidation sites excluding steroid dienone is 4. The summed E-state index contributed by atoms with van der Waals surface area (Å²) in [6.45, 7) is 0. The molecule has 2 aromatic heterocycles. The van der Waals surface area contributed by atoms with Crippen LogP contribution >= 0.6 is 0 Å². The van der Waals surface area contributed by atoms with Gasteiger partial charge >= 0.3 is 5.97 Å². The van der Waals surface area contributed by atoms with E-state index in [1.165, 1.54) is 18.2 Å². The summed E-state index contributed by atoms with van der Waals surface area (Å²) in [5, 5.41) is 9.93. The summed E-state index contributed by atoms with van der Waals surface area (Å²) in [4.78, 5) is 30.6. The highest BCUT2D eigenvalue weighted by Gasteiger charge is 2.29. The third-order valence-electron chi connectivity index (χ3n) is 8.01. The molecule has 0 saturated carbocycles. The Balaban J connectivity index is 0.00000128. The van der Waals surface area contributed by atoms with Crippen LogP contribution < -0.4 is 10.5 Å². The lowest BCUT2D eigenvalue weighted by Crippen LogP contribution is -2.14. The van der Waals surface area contributed by atoms with E-state index < -0.39 is 28.5 Å². The van der Waals surface area contributed by atoms with Gasteiger partial charge in [-0.15, -0.1) is 0 Å². The molecule has 3 unspecified atom stereocenters. The lowest BCUT2D eigenvalue weighted by Gasteiger charge is -2.22. The number of nitrogens with one attached hydrogen (secondary N) is 2. The van der Waals surface area contributed by atoms with Gasteiger partial charge in [-0.2, -0.15) is 0 Å². The van der Waals surface area contributed by atoms with Gasteiger partial charge in [0, 0.05) is 81.7 Å². The molecule has 2 aromatic carbocycles. The van der Waals surface area contributed by atoms with Crippen molar-refractivity contribution in [3.8, 4) is 5.75 Å². The summed E-state index contributed by atoms with van der Waals surface area (Å²) >= 11 is 0. The van der Waals surface area contributed by atoms with Crippen LogP contribution in [0.3, 0.4) is 0 Å². The number of amides is 1. The minimum absolute atomic E-state index is 0.0363. The fourth-order valence-corrected chi connectivity index (χ4v) is 6.99. The van der Waals surface area contributed by atoms with E-state index in [9.17, 15) is 9.00 Å². The minimum atomic E-state index is -1.16. The second-order valence-electron chi connectivity index (χ2n) is 10.9. The number of benzene rings is 2. The Morgan fingerprint density at radius 2 is 2.00 bits per heavy atom. The highest BCUT2D eigenvalue weighted by atomic mass is 32.2. The fourth-order valence-electron chi connectivity index (χ4n) is 5.86. The maximum absolute atomic E-state index is 15.3. The predicted octanol–water partition coefficient (Wildman–Crippen LogP) is 5.67. The molecule has 5 N–H and O–H groups in total. The van der Waals surface area contributed by atoms with Crippen molar-refractivity contribution in [2.24, 2.45) is 5.73 Å². The zero-order valence-corrected chi connectivity index (χ0v) is 25.2. The predicted molar refractivity (Wildman–Crippen MR) is 167 cm³/mol. The van der Waals surface area contributed by atoms with Gasteiger partial charge in [0.2, 0.25) is 6.41 Å². The monoisotopic (exact) mass is 636 g/mol. The lowest BCUT2D eigenvalue weighted by atomic mass is 9.90. The van der Waals surface area contributed by atoms with Crippen LogP contribution in [0.25, 0.3) is 10.9 Å². The largest absolute Gasteiger partial charge is 0.481 e. The lowest BCUT2D eigenvalue weighted by molar-refractivity contribution is -0.137. The Morgan fingerprint density at radius 3 is 2.80 bits per heavy atom. The second-order valence-corrected chi connectivity index (χ2v) is 12.6. The molecular weight excluding hydrogens is 602 g/mol. The van der Waals surface area contributed by atoms with Gasteiger partial charge in [0.05, 0.1) is 5.92 Å². The van der Waals surface area contributed by atoms with E-state index in [4.69, 9.17) is 14.6 Å². The molecule has 45 heavy (non-hydrogen) atoms. The first-order chi connectivity index (χ1) is 21.8. The molecule has 0 fully saturated rings. The maximum Gasteiger partial charge on any atom is 0.303 e. The number of hydrogen-bond donors (Lipinski definition) is 4. The number of nitrogens with two attached hydrogens (primary N) is 1. The number of aromatic amines is 2. The molecule has 2 aliphatic rings. The second kappa shape index (κ2) is 14.5. The van der Waals surface area contributed by atoms with E-state index in [1.807, 2.05) is 30.3 Å². The molecule has 6 rings (SSSR count). The summed E-state index contributed by atoms with van der Waals surface area (Å²) in [7, 11) is -1.16. The topological polar surface area (TPSA) is 151 Å². The van der Waals surface area contributed by atoms with E-state index in [2.05, 4.69) is 20.7 Å². The molecule has 236 valence electrons. The van der Waals surface area contributed by atoms with Crippen LogP contribution in [-0.4, -0.2) is 48.2 Å². The van der Waals surface area contributed by atoms with Gasteiger partial charge in [0.1, 0.15) is 17.4 Å². The number of H-pyrrole nitrogens is 2. The molecule has 0 spiro atoms. The molecule has 12 heteroatoms. The van der Waals surface area contributed by atoms with Crippen LogP contribution in [0.1, 0.15) is 65.7 Å². The van der Waals surface area contributed by atoms with Crippen molar-refractivity contribution in [1.82, 2.24) is 15.0 Å². The van der Waals surface area contributed by atoms with Crippen molar-refractivity contribution in [3.05, 3.63) is 107 Å². The average molecular weight is 637 g/mol. The summed E-state index contributed by atoms with van der Waals surface area (Å²) in [5.41, 5.74) is 8.14. The molecule has 1 amide bonds. The number of carboxylic acids is 1. The first-order valence-corrected chi connectivity index (χ1v) is 16.1. The highest BCUT2D eigenvalue weighted by Crippen LogP contribution is 2.39. The number of nitrogens with zero attached hydrogens (tertiary/aromatic N) is 1. The normalized spacial score (nSPS) is 20.1. The Hall–Kier alpha value is -4.58. The van der Waals surface area contributed by atoms with Crippen molar-refractivity contribution in [2.45, 2.75) is 50.4 Å². The SMILES string of the molecule is NC=O.O=C(O)CCc1cccc(C2CCCS(=O)CCc3c(c(F)cc4[nH]ccc34)OC3=CC=C(F)C(C3)c3ncc2[nH]3)c1. The van der Waals surface area contributed by atoms with Crippen LogP contribution in [0.15, 0.2) is 72.5 Å². The molecule has 4 bridgehead atoms. The van der Waals surface area contributed by atoms with Crippen molar-refractivity contribution in [1.29, 1.82) is 0 Å². The molecule has 1 aliphatic carbocycles. The third-order valence-corrected chi connectivity index (χ3v) is 9.42. The molecule has 9 nitrogen and oxygen atoms in total. The van der Waals surface area contributed by atoms with Gasteiger partial charge in [-0.3, -0.25) is 13.8 Å². The van der Waals surface area contributed by atoms with E-state index in [0.29, 0.717) is 59.9 Å². The Bertz CT molecular complexity index is 1780. The molecular formula is C33H34F2N4O5S. The summed E-state index contributed by atoms with van der Waals surface area (Å²) in [6, 6.07) is 11.1. The number of aliphatic carboxylic acids is 1. The molecule has 1 aliphatic heterocycles. The van der Waals surface area contributed by atoms with E-state index in [0.717, 1.165) is 22.2 Å². The van der Waals surface area contributed by atoms with E-state index >= 15 is 8.78 Å². The number of carboxylic acid groups (broad SMARTS) is 1. The standard InChI is InChI=1S/C32H31F2N3O4S.CH3NO/c33-26-8-7-21-16-25(26)32-36-18-29(37-32)22(20-4-1-3-19(15-20)6-9-30(38)39)5-2-13-42(40)14-11-24-23-10-12-35-28(23)17-27(34)31(24)41-21;2-1-3/h1,3-4,7-8,10,12,15,17-18,22,25,35H,2,5-6,9,11,13-14,16H2,(H,36,37)(H,38,39);1H,(H2,2,3). The highest BCUT2D eigenvalue weighted by molar-refractivity contribution is 7.84. The zero-order chi connectivity index (χ0) is 31.9. The number of aryl methyl sites for hydroxylation is 2. The average Bonchev–Trinajstić information content (AvgIpc) is 3.69. The van der Waals surface area contributed by atoms with Gasteiger partial charge in [-0.1, -0.05) is 24.3 Å². The fraction of sp³-hybridized carbons (Fsp3) is 0.303. The Labute approximate surface area is 261 Å². The Kier molecular flexibility index (Phi) is 10.2. The summed E-state index contributed by atoms with van der Waals surface area (Å²) in [5.74, 6) is -0.864. The number of carbonyl (C=O) groups excluding carboxylic acids is 1. The smallest absolute Gasteiger partial charge is 0.303 e. The number of fused-ring (bicyclic) bond motifs is 8. The van der Waals surface area contributed by atoms with E-state index in [1.54, 1.807) is 12.4 Å². The first kappa shape index (κ1) is 31.8. The van der Waals surface area contributed by atoms with Gasteiger partial charge in [-0.05, 0) is 55.0 Å². The first-order valence-electron chi connectivity index (χ1n) is 14.7. The van der Waals surface area contributed by atoms with Crippen molar-refractivity contribution >= 4 is 34.1 Å². The number of ether oxygens (including phenoxy) is 1. The van der Waals surface area contributed by atoms with Crippen LogP contribution in [0.2, 0.25) is 0 Å². The summed E-state index contributed by atoms with van der Waals surface area (Å²) < 4.78 is 49.8. The number of hydrogen-bond acceptors (Lipinski definition) is 5.